The molecule has 0 saturated heterocycles. The van der Waals surface area contributed by atoms with Crippen LogP contribution in [0.3, 0.4) is 0 Å². The van der Waals surface area contributed by atoms with Crippen molar-refractivity contribution < 1.29 is 4.79 Å². The molecule has 1 rings (SSSR count). The summed E-state index contributed by atoms with van der Waals surface area (Å²) < 4.78 is 1.11. The Morgan fingerprint density at radius 3 is 2.14 bits per heavy atom. The lowest BCUT2D eigenvalue weighted by molar-refractivity contribution is -0.105. The quantitative estimate of drug-likeness (QED) is 0.687. The van der Waals surface area contributed by atoms with E-state index in [1.165, 1.54) is 0 Å². The molecule has 0 bridgehead atoms. The minimum Gasteiger partial charge on any atom is -0.298 e. The Bertz CT molecular complexity index is 291. The monoisotopic (exact) mass is 258 g/mol. The topological polar surface area (TPSA) is 17.1 Å². The fourth-order valence-electron chi connectivity index (χ4n) is 2.42. The molecule has 14 heavy (non-hydrogen) atoms. The second kappa shape index (κ2) is 3.48. The van der Waals surface area contributed by atoms with Gasteiger partial charge in [0.2, 0.25) is 0 Å². The Labute approximate surface area is 95.1 Å². The van der Waals surface area contributed by atoms with E-state index < -0.39 is 0 Å². The number of halogens is 1. The van der Waals surface area contributed by atoms with Crippen LogP contribution in [0.15, 0.2) is 10.1 Å². The van der Waals surface area contributed by atoms with Gasteiger partial charge in [0.25, 0.3) is 0 Å². The highest BCUT2D eigenvalue weighted by atomic mass is 79.9. The van der Waals surface area contributed by atoms with E-state index >= 15 is 0 Å². The minimum absolute atomic E-state index is 0.0999. The summed E-state index contributed by atoms with van der Waals surface area (Å²) in [5.41, 5.74) is 1.19. The predicted octanol–water partition coefficient (Wildman–Crippen LogP) is 3.93. The third-order valence-corrected chi connectivity index (χ3v) is 5.88. The molecule has 0 aliphatic heterocycles. The van der Waals surface area contributed by atoms with Crippen LogP contribution in [0, 0.1) is 16.7 Å². The molecular formula is C12H19BrO. The SMILES string of the molecule is CC[C@@]1(C)C(Br)=C(C=O)[C@@H](C)C1(C)C. The maximum atomic E-state index is 11.0. The van der Waals surface area contributed by atoms with Crippen LogP contribution in [0.4, 0.5) is 0 Å². The van der Waals surface area contributed by atoms with Crippen LogP contribution in [0.25, 0.3) is 0 Å². The second-order valence-electron chi connectivity index (χ2n) is 5.02. The lowest BCUT2D eigenvalue weighted by Crippen LogP contribution is -2.34. The summed E-state index contributed by atoms with van der Waals surface area (Å²) in [6.45, 7) is 11.1. The maximum Gasteiger partial charge on any atom is 0.147 e. The molecule has 0 unspecified atom stereocenters. The molecule has 0 N–H and O–H groups in total. The van der Waals surface area contributed by atoms with Crippen LogP contribution in [-0.2, 0) is 4.79 Å². The van der Waals surface area contributed by atoms with E-state index in [2.05, 4.69) is 50.5 Å². The molecule has 0 amide bonds. The number of hydrogen-bond acceptors (Lipinski definition) is 1. The third-order valence-electron chi connectivity index (χ3n) is 4.54. The van der Waals surface area contributed by atoms with Gasteiger partial charge in [-0.05, 0) is 17.8 Å². The van der Waals surface area contributed by atoms with Gasteiger partial charge < -0.3 is 0 Å². The van der Waals surface area contributed by atoms with E-state index in [1.54, 1.807) is 0 Å². The largest absolute Gasteiger partial charge is 0.298 e. The maximum absolute atomic E-state index is 11.0. The molecule has 1 aliphatic rings. The first-order valence-corrected chi connectivity index (χ1v) is 5.97. The van der Waals surface area contributed by atoms with Crippen molar-refractivity contribution in [2.75, 3.05) is 0 Å². The molecular weight excluding hydrogens is 240 g/mol. The van der Waals surface area contributed by atoms with Gasteiger partial charge in [-0.2, -0.15) is 0 Å². The number of carbonyl (C=O) groups is 1. The Morgan fingerprint density at radius 2 is 1.93 bits per heavy atom. The van der Waals surface area contributed by atoms with Crippen LogP contribution >= 0.6 is 15.9 Å². The van der Waals surface area contributed by atoms with Gasteiger partial charge in [-0.25, -0.2) is 0 Å². The van der Waals surface area contributed by atoms with E-state index in [9.17, 15) is 4.79 Å². The van der Waals surface area contributed by atoms with Crippen LogP contribution < -0.4 is 0 Å². The van der Waals surface area contributed by atoms with Crippen molar-refractivity contribution in [2.24, 2.45) is 16.7 Å². The summed E-state index contributed by atoms with van der Waals surface area (Å²) in [7, 11) is 0. The van der Waals surface area contributed by atoms with Crippen molar-refractivity contribution in [1.29, 1.82) is 0 Å². The lowest BCUT2D eigenvalue weighted by atomic mass is 9.64. The first-order valence-electron chi connectivity index (χ1n) is 5.18. The highest BCUT2D eigenvalue weighted by Gasteiger charge is 2.52. The van der Waals surface area contributed by atoms with Crippen molar-refractivity contribution in [1.82, 2.24) is 0 Å². The standard InChI is InChI=1S/C12H19BrO/c1-6-12(5)10(13)9(7-14)8(2)11(12,3)4/h7-8H,6H2,1-5H3/t8-,12+/m1/s1. The molecule has 2 heteroatoms. The zero-order chi connectivity index (χ0) is 11.1. The van der Waals surface area contributed by atoms with Gasteiger partial charge in [-0.3, -0.25) is 4.79 Å². The molecule has 0 aromatic rings. The minimum atomic E-state index is 0.0999. The first-order chi connectivity index (χ1) is 6.32. The molecule has 0 radical (unpaired) electrons. The average Bonchev–Trinajstić information content (AvgIpc) is 2.27. The fourth-order valence-corrected chi connectivity index (χ4v) is 3.65. The summed E-state index contributed by atoms with van der Waals surface area (Å²) in [6, 6.07) is 0. The number of carbonyl (C=O) groups excluding carboxylic acids is 1. The van der Waals surface area contributed by atoms with Gasteiger partial charge in [0.05, 0.1) is 0 Å². The molecule has 0 saturated carbocycles. The number of rotatable bonds is 2. The zero-order valence-electron chi connectivity index (χ0n) is 9.65. The van der Waals surface area contributed by atoms with Crippen molar-refractivity contribution >= 4 is 22.2 Å². The van der Waals surface area contributed by atoms with E-state index in [0.717, 1.165) is 22.8 Å². The molecule has 1 nitrogen and oxygen atoms in total. The van der Waals surface area contributed by atoms with E-state index in [4.69, 9.17) is 0 Å². The van der Waals surface area contributed by atoms with Gasteiger partial charge in [0.1, 0.15) is 6.29 Å². The summed E-state index contributed by atoms with van der Waals surface area (Å²) in [4.78, 5) is 11.0. The van der Waals surface area contributed by atoms with Gasteiger partial charge in [-0.15, -0.1) is 0 Å². The van der Waals surface area contributed by atoms with E-state index in [-0.39, 0.29) is 10.8 Å². The summed E-state index contributed by atoms with van der Waals surface area (Å²) in [5, 5.41) is 0. The van der Waals surface area contributed by atoms with E-state index in [1.807, 2.05) is 0 Å². The van der Waals surface area contributed by atoms with Crippen molar-refractivity contribution in [3.63, 3.8) is 0 Å². The molecule has 0 fully saturated rings. The van der Waals surface area contributed by atoms with Gasteiger partial charge in [-0.1, -0.05) is 50.5 Å². The smallest absolute Gasteiger partial charge is 0.147 e. The second-order valence-corrected chi connectivity index (χ2v) is 5.81. The van der Waals surface area contributed by atoms with Gasteiger partial charge in [0, 0.05) is 15.5 Å². The summed E-state index contributed by atoms with van der Waals surface area (Å²) in [5.74, 6) is 0.333. The molecule has 2 atom stereocenters. The molecule has 1 aliphatic carbocycles. The van der Waals surface area contributed by atoms with Crippen molar-refractivity contribution in [2.45, 2.75) is 41.0 Å². The molecule has 0 aromatic heterocycles. The highest BCUT2D eigenvalue weighted by molar-refractivity contribution is 9.11. The van der Waals surface area contributed by atoms with Gasteiger partial charge in [0.15, 0.2) is 0 Å². The van der Waals surface area contributed by atoms with Crippen molar-refractivity contribution in [3.8, 4) is 0 Å². The Morgan fingerprint density at radius 1 is 1.43 bits per heavy atom. The predicted molar refractivity (Wildman–Crippen MR) is 63.4 cm³/mol. The Kier molecular flexibility index (Phi) is 2.97. The fraction of sp³-hybridized carbons (Fsp3) is 0.750. The zero-order valence-corrected chi connectivity index (χ0v) is 11.2. The molecule has 0 heterocycles. The normalized spacial score (nSPS) is 36.3. The van der Waals surface area contributed by atoms with Crippen LogP contribution in [-0.4, -0.2) is 6.29 Å². The first kappa shape index (κ1) is 12.0. The number of allylic oxidation sites excluding steroid dienone is 2. The number of aldehydes is 1. The Hall–Kier alpha value is -0.110. The van der Waals surface area contributed by atoms with E-state index in [0.29, 0.717) is 5.92 Å². The number of hydrogen-bond donors (Lipinski definition) is 0. The van der Waals surface area contributed by atoms with Crippen LogP contribution in [0.2, 0.25) is 0 Å². The molecule has 80 valence electrons. The summed E-state index contributed by atoms with van der Waals surface area (Å²) in [6.07, 6.45) is 2.07. The molecule has 0 aromatic carbocycles. The average molecular weight is 259 g/mol. The third kappa shape index (κ3) is 1.23. The Balaban J connectivity index is 3.32. The summed E-state index contributed by atoms with van der Waals surface area (Å²) >= 11 is 3.61. The van der Waals surface area contributed by atoms with Crippen LogP contribution in [0.5, 0.6) is 0 Å². The van der Waals surface area contributed by atoms with Crippen LogP contribution in [0.1, 0.15) is 41.0 Å². The highest BCUT2D eigenvalue weighted by Crippen LogP contribution is 2.61. The van der Waals surface area contributed by atoms with Gasteiger partial charge >= 0.3 is 0 Å². The lowest BCUT2D eigenvalue weighted by Gasteiger charge is -2.41. The van der Waals surface area contributed by atoms with Crippen molar-refractivity contribution in [3.05, 3.63) is 10.1 Å². The molecule has 0 spiro atoms.